The maximum Gasteiger partial charge on any atom is 0.358 e. The van der Waals surface area contributed by atoms with E-state index in [1.165, 1.54) is 6.20 Å². The number of rotatable bonds is 8. The lowest BCUT2D eigenvalue weighted by Gasteiger charge is -2.35. The van der Waals surface area contributed by atoms with Crippen LogP contribution in [0.2, 0.25) is 0 Å². The molecule has 4 rings (SSSR count). The van der Waals surface area contributed by atoms with Crippen LogP contribution >= 0.6 is 22.6 Å². The van der Waals surface area contributed by atoms with Gasteiger partial charge in [0.05, 0.1) is 29.3 Å². The highest BCUT2D eigenvalue weighted by molar-refractivity contribution is 14.1. The molecule has 2 aliphatic rings. The second-order valence-corrected chi connectivity index (χ2v) is 9.95. The zero-order valence-corrected chi connectivity index (χ0v) is 20.6. The molecule has 1 aliphatic carbocycles. The third-order valence-electron chi connectivity index (χ3n) is 6.12. The Labute approximate surface area is 208 Å². The van der Waals surface area contributed by atoms with Crippen LogP contribution in [0.4, 0.5) is 8.78 Å². The van der Waals surface area contributed by atoms with Crippen LogP contribution in [-0.2, 0) is 9.59 Å². The van der Waals surface area contributed by atoms with Crippen LogP contribution < -0.4 is 9.47 Å². The number of hydrogen-bond acceptors (Lipinski definition) is 6. The summed E-state index contributed by atoms with van der Waals surface area (Å²) in [6.45, 7) is 2.87. The first-order valence-electron chi connectivity index (χ1n) is 10.5. The fourth-order valence-electron chi connectivity index (χ4n) is 4.16. The van der Waals surface area contributed by atoms with Crippen molar-refractivity contribution < 1.29 is 27.8 Å². The highest BCUT2D eigenvalue weighted by atomic mass is 127. The molecule has 1 amide bonds. The predicted molar refractivity (Wildman–Crippen MR) is 128 cm³/mol. The van der Waals surface area contributed by atoms with Crippen molar-refractivity contribution in [3.05, 3.63) is 66.0 Å². The Morgan fingerprint density at radius 1 is 1.38 bits per heavy atom. The summed E-state index contributed by atoms with van der Waals surface area (Å²) in [7, 11) is 0. The Morgan fingerprint density at radius 3 is 2.68 bits per heavy atom. The number of esters is 1. The normalized spacial score (nSPS) is 22.1. The maximum atomic E-state index is 13.1. The van der Waals surface area contributed by atoms with Crippen molar-refractivity contribution in [3.63, 3.8) is 0 Å². The Morgan fingerprint density at radius 2 is 2.09 bits per heavy atom. The van der Waals surface area contributed by atoms with E-state index in [9.17, 15) is 18.4 Å². The predicted octanol–water partition coefficient (Wildman–Crippen LogP) is 4.50. The lowest BCUT2D eigenvalue weighted by molar-refractivity contribution is -0.132. The Balaban J connectivity index is 1.49. The number of benzene rings is 1. The zero-order chi connectivity index (χ0) is 24.7. The van der Waals surface area contributed by atoms with Crippen molar-refractivity contribution in [1.29, 1.82) is 5.41 Å². The van der Waals surface area contributed by atoms with Gasteiger partial charge in [0.2, 0.25) is 5.91 Å². The summed E-state index contributed by atoms with van der Waals surface area (Å²) in [5, 5.41) is 8.51. The van der Waals surface area contributed by atoms with E-state index in [1.807, 2.05) is 0 Å². The number of pyridine rings is 1. The van der Waals surface area contributed by atoms with Crippen LogP contribution in [0.1, 0.15) is 24.2 Å². The van der Waals surface area contributed by atoms with Crippen molar-refractivity contribution in [2.24, 2.45) is 11.3 Å². The minimum Gasteiger partial charge on any atom is -0.485 e. The Bertz CT molecular complexity index is 1170. The average molecular weight is 581 g/mol. The molecule has 3 unspecified atom stereocenters. The fraction of sp³-hybridized carbons (Fsp3) is 0.333. The number of carbonyl (C=O) groups is 2. The van der Waals surface area contributed by atoms with Gasteiger partial charge < -0.3 is 14.4 Å². The topological polar surface area (TPSA) is 92.6 Å². The summed E-state index contributed by atoms with van der Waals surface area (Å²) in [5.74, 6) is -1.07. The largest absolute Gasteiger partial charge is 0.485 e. The molecule has 34 heavy (non-hydrogen) atoms. The minimum atomic E-state index is -3.00. The third kappa shape index (κ3) is 4.55. The molecule has 1 aliphatic heterocycles. The van der Waals surface area contributed by atoms with Gasteiger partial charge in [-0.3, -0.25) is 15.2 Å². The van der Waals surface area contributed by atoms with Crippen LogP contribution in [0.25, 0.3) is 0 Å². The second kappa shape index (κ2) is 9.05. The first kappa shape index (κ1) is 24.2. The van der Waals surface area contributed by atoms with Gasteiger partial charge in [0.15, 0.2) is 6.61 Å². The SMILES string of the molecule is Cc1cc(C(C)N2CC3(C(=N)C(=O)Oc4ccccc4)C=CC3C2=O)ncc1OCC(F)(F)I. The molecule has 1 aromatic heterocycles. The van der Waals surface area contributed by atoms with Crippen molar-refractivity contribution in [3.8, 4) is 11.5 Å². The molecule has 0 radical (unpaired) electrons. The number of nitrogens with zero attached hydrogens (tertiary/aromatic N) is 2. The number of hydrogen-bond donors (Lipinski definition) is 1. The van der Waals surface area contributed by atoms with Gasteiger partial charge in [-0.1, -0.05) is 30.4 Å². The molecule has 2 aromatic rings. The Kier molecular flexibility index (Phi) is 6.45. The molecule has 1 aromatic carbocycles. The lowest BCUT2D eigenvalue weighted by atomic mass is 9.66. The van der Waals surface area contributed by atoms with Gasteiger partial charge in [0, 0.05) is 29.1 Å². The van der Waals surface area contributed by atoms with Gasteiger partial charge in [-0.05, 0) is 37.6 Å². The number of carbonyl (C=O) groups excluding carboxylic acids is 2. The number of nitrogens with one attached hydrogen (secondary N) is 1. The number of likely N-dealkylation sites (tertiary alicyclic amines) is 1. The number of fused-ring (bicyclic) bond motifs is 1. The molecule has 7 nitrogen and oxygen atoms in total. The van der Waals surface area contributed by atoms with E-state index < -0.39 is 33.9 Å². The van der Waals surface area contributed by atoms with Crippen LogP contribution in [0.5, 0.6) is 11.5 Å². The molecule has 178 valence electrons. The summed E-state index contributed by atoms with van der Waals surface area (Å²) in [6.07, 6.45) is 4.77. The van der Waals surface area contributed by atoms with Gasteiger partial charge >= 0.3 is 9.90 Å². The average Bonchev–Trinajstić information content (AvgIpc) is 2.97. The van der Waals surface area contributed by atoms with Crippen LogP contribution in [0.15, 0.2) is 54.7 Å². The minimum absolute atomic E-state index is 0.136. The van der Waals surface area contributed by atoms with Crippen LogP contribution in [0.3, 0.4) is 0 Å². The van der Waals surface area contributed by atoms with Crippen molar-refractivity contribution in [2.75, 3.05) is 13.2 Å². The number of halogens is 3. The van der Waals surface area contributed by atoms with Gasteiger partial charge in [-0.25, -0.2) is 4.79 Å². The number of alkyl halides is 3. The lowest BCUT2D eigenvalue weighted by Crippen LogP contribution is -2.46. The standard InChI is InChI=1S/C24H22F2IN3O4/c1-14-10-18(29-11-19(14)33-13-24(25,26)27)15(2)30-12-23(9-8-17(23)21(30)31)20(28)22(32)34-16-6-4-3-5-7-16/h3-11,15,17,28H,12-13H2,1-2H3. The van der Waals surface area contributed by atoms with E-state index in [-0.39, 0.29) is 23.9 Å². The second-order valence-electron chi connectivity index (χ2n) is 8.38. The van der Waals surface area contributed by atoms with Gasteiger partial charge in [-0.2, -0.15) is 8.78 Å². The smallest absolute Gasteiger partial charge is 0.358 e. The highest BCUT2D eigenvalue weighted by Crippen LogP contribution is 2.49. The first-order valence-corrected chi connectivity index (χ1v) is 11.6. The van der Waals surface area contributed by atoms with Crippen LogP contribution in [0, 0.1) is 23.7 Å². The number of ether oxygens (including phenoxy) is 2. The molecule has 1 fully saturated rings. The van der Waals surface area contributed by atoms with Crippen molar-refractivity contribution in [1.82, 2.24) is 9.88 Å². The first-order chi connectivity index (χ1) is 16.0. The third-order valence-corrected chi connectivity index (χ3v) is 6.43. The molecule has 10 heteroatoms. The molecule has 3 atom stereocenters. The highest BCUT2D eigenvalue weighted by Gasteiger charge is 2.59. The Hall–Kier alpha value is -2.89. The number of para-hydroxylation sites is 1. The fourth-order valence-corrected chi connectivity index (χ4v) is 4.32. The summed E-state index contributed by atoms with van der Waals surface area (Å²) >= 11 is 1.01. The van der Waals surface area contributed by atoms with Gasteiger partial charge in [-0.15, -0.1) is 0 Å². The summed E-state index contributed by atoms with van der Waals surface area (Å²) < 4.78 is 33.7. The molecular weight excluding hydrogens is 559 g/mol. The number of amides is 1. The summed E-state index contributed by atoms with van der Waals surface area (Å²) in [4.78, 5) is 31.7. The van der Waals surface area contributed by atoms with Crippen molar-refractivity contribution in [2.45, 2.75) is 23.8 Å². The van der Waals surface area contributed by atoms with Gasteiger partial charge in [0.1, 0.15) is 17.2 Å². The molecule has 1 N–H and O–H groups in total. The zero-order valence-electron chi connectivity index (χ0n) is 18.4. The molecular formula is C24H22F2IN3O4. The number of aromatic nitrogens is 1. The van der Waals surface area contributed by atoms with E-state index in [0.29, 0.717) is 17.0 Å². The summed E-state index contributed by atoms with van der Waals surface area (Å²) in [6, 6.07) is 9.69. The van der Waals surface area contributed by atoms with E-state index in [0.717, 1.165) is 22.6 Å². The van der Waals surface area contributed by atoms with E-state index in [4.69, 9.17) is 14.9 Å². The summed E-state index contributed by atoms with van der Waals surface area (Å²) in [5.41, 5.74) is -0.172. The number of aryl methyl sites for hydroxylation is 1. The van der Waals surface area contributed by atoms with Crippen LogP contribution in [-0.4, -0.2) is 44.6 Å². The molecule has 1 saturated heterocycles. The van der Waals surface area contributed by atoms with E-state index >= 15 is 0 Å². The molecule has 0 bridgehead atoms. The quantitative estimate of drug-likeness (QED) is 0.124. The molecule has 2 heterocycles. The van der Waals surface area contributed by atoms with E-state index in [1.54, 1.807) is 67.3 Å². The van der Waals surface area contributed by atoms with Gasteiger partial charge in [0.25, 0.3) is 0 Å². The van der Waals surface area contributed by atoms with E-state index in [2.05, 4.69) is 4.98 Å². The molecule has 0 saturated carbocycles. The maximum absolute atomic E-state index is 13.1. The molecule has 0 spiro atoms. The monoisotopic (exact) mass is 581 g/mol. The van der Waals surface area contributed by atoms with Crippen molar-refractivity contribution >= 4 is 40.2 Å².